The molecule has 20 heavy (non-hydrogen) atoms. The molecule has 112 valence electrons. The number of carboxylic acid groups (broad SMARTS) is 1. The molecule has 0 saturated carbocycles. The highest BCUT2D eigenvalue weighted by molar-refractivity contribution is 5.91. The van der Waals surface area contributed by atoms with Gasteiger partial charge in [-0.2, -0.15) is 0 Å². The normalized spacial score (nSPS) is 18.4. The molecule has 1 aliphatic heterocycles. The minimum atomic E-state index is -1.15. The van der Waals surface area contributed by atoms with Crippen molar-refractivity contribution in [3.05, 3.63) is 12.7 Å². The van der Waals surface area contributed by atoms with Crippen LogP contribution in [0.5, 0.6) is 0 Å². The molecule has 8 heteroatoms. The van der Waals surface area contributed by atoms with Gasteiger partial charge in [0.2, 0.25) is 5.91 Å². The fourth-order valence-electron chi connectivity index (χ4n) is 2.04. The fraction of sp³-hybridized carbons (Fsp3) is 0.583. The van der Waals surface area contributed by atoms with E-state index in [1.807, 2.05) is 0 Å². The molecular weight excluding hydrogens is 266 g/mol. The van der Waals surface area contributed by atoms with Crippen molar-refractivity contribution in [3.63, 3.8) is 0 Å². The van der Waals surface area contributed by atoms with Gasteiger partial charge in [-0.05, 0) is 0 Å². The number of aliphatic carboxylic acids is 1. The van der Waals surface area contributed by atoms with Crippen molar-refractivity contribution in [2.75, 3.05) is 32.8 Å². The number of hydrogen-bond acceptors (Lipinski definition) is 4. The lowest BCUT2D eigenvalue weighted by Crippen LogP contribution is -2.60. The van der Waals surface area contributed by atoms with E-state index in [-0.39, 0.29) is 32.8 Å². The van der Waals surface area contributed by atoms with Crippen molar-refractivity contribution in [2.45, 2.75) is 12.5 Å². The SMILES string of the molecule is C=CCN(CCO)C(=O)N1CCNC(=O)C1CC(=O)O. The molecular formula is C12H19N3O5. The molecule has 1 unspecified atom stereocenters. The Bertz CT molecular complexity index is 399. The summed E-state index contributed by atoms with van der Waals surface area (Å²) in [6, 6.07) is -1.50. The number of rotatable bonds is 6. The van der Waals surface area contributed by atoms with Crippen LogP contribution in [0.1, 0.15) is 6.42 Å². The molecule has 1 atom stereocenters. The van der Waals surface area contributed by atoms with Gasteiger partial charge in [0, 0.05) is 26.2 Å². The van der Waals surface area contributed by atoms with Crippen molar-refractivity contribution in [1.29, 1.82) is 0 Å². The second-order valence-corrected chi connectivity index (χ2v) is 4.34. The third kappa shape index (κ3) is 3.95. The summed E-state index contributed by atoms with van der Waals surface area (Å²) >= 11 is 0. The van der Waals surface area contributed by atoms with E-state index in [1.165, 1.54) is 15.9 Å². The minimum Gasteiger partial charge on any atom is -0.481 e. The van der Waals surface area contributed by atoms with Crippen LogP contribution in [0.15, 0.2) is 12.7 Å². The van der Waals surface area contributed by atoms with E-state index < -0.39 is 30.4 Å². The summed E-state index contributed by atoms with van der Waals surface area (Å²) in [6.45, 7) is 4.14. The lowest BCUT2D eigenvalue weighted by molar-refractivity contribution is -0.142. The predicted molar refractivity (Wildman–Crippen MR) is 70.0 cm³/mol. The summed E-state index contributed by atoms with van der Waals surface area (Å²) < 4.78 is 0. The molecule has 1 saturated heterocycles. The Morgan fingerprint density at radius 2 is 2.25 bits per heavy atom. The molecule has 1 fully saturated rings. The van der Waals surface area contributed by atoms with Gasteiger partial charge >= 0.3 is 12.0 Å². The molecule has 0 spiro atoms. The highest BCUT2D eigenvalue weighted by Gasteiger charge is 2.36. The van der Waals surface area contributed by atoms with Crippen molar-refractivity contribution >= 4 is 17.9 Å². The number of carboxylic acids is 1. The maximum absolute atomic E-state index is 12.3. The summed E-state index contributed by atoms with van der Waals surface area (Å²) in [6.07, 6.45) is 1.06. The molecule has 1 aliphatic rings. The van der Waals surface area contributed by atoms with Crippen LogP contribution in [0.4, 0.5) is 4.79 Å². The van der Waals surface area contributed by atoms with Crippen molar-refractivity contribution in [3.8, 4) is 0 Å². The van der Waals surface area contributed by atoms with E-state index >= 15 is 0 Å². The number of carbonyl (C=O) groups is 3. The number of urea groups is 1. The van der Waals surface area contributed by atoms with Gasteiger partial charge in [0.1, 0.15) is 6.04 Å². The van der Waals surface area contributed by atoms with Crippen LogP contribution in [0.3, 0.4) is 0 Å². The maximum Gasteiger partial charge on any atom is 0.321 e. The van der Waals surface area contributed by atoms with Gasteiger partial charge in [-0.1, -0.05) is 6.08 Å². The zero-order valence-corrected chi connectivity index (χ0v) is 11.1. The van der Waals surface area contributed by atoms with Crippen LogP contribution in [0, 0.1) is 0 Å². The van der Waals surface area contributed by atoms with Gasteiger partial charge in [0.25, 0.3) is 0 Å². The first kappa shape index (κ1) is 16.0. The van der Waals surface area contributed by atoms with Crippen LogP contribution in [-0.4, -0.2) is 76.7 Å². The molecule has 8 nitrogen and oxygen atoms in total. The van der Waals surface area contributed by atoms with Gasteiger partial charge in [-0.3, -0.25) is 9.59 Å². The van der Waals surface area contributed by atoms with Gasteiger partial charge in [0.15, 0.2) is 0 Å². The summed E-state index contributed by atoms with van der Waals surface area (Å²) in [5, 5.41) is 20.3. The summed E-state index contributed by atoms with van der Waals surface area (Å²) in [5.74, 6) is -1.63. The molecule has 0 aliphatic carbocycles. The minimum absolute atomic E-state index is 0.1000. The highest BCUT2D eigenvalue weighted by Crippen LogP contribution is 2.12. The van der Waals surface area contributed by atoms with Gasteiger partial charge < -0.3 is 25.3 Å². The zero-order valence-electron chi connectivity index (χ0n) is 11.1. The number of nitrogens with zero attached hydrogens (tertiary/aromatic N) is 2. The smallest absolute Gasteiger partial charge is 0.321 e. The zero-order chi connectivity index (χ0) is 15.1. The number of amides is 3. The molecule has 0 aromatic heterocycles. The molecule has 0 aromatic rings. The van der Waals surface area contributed by atoms with Crippen LogP contribution < -0.4 is 5.32 Å². The number of nitrogens with one attached hydrogen (secondary N) is 1. The molecule has 1 rings (SSSR count). The summed E-state index contributed by atoms with van der Waals surface area (Å²) in [4.78, 5) is 37.4. The average molecular weight is 285 g/mol. The Morgan fingerprint density at radius 3 is 2.80 bits per heavy atom. The van der Waals surface area contributed by atoms with E-state index in [2.05, 4.69) is 11.9 Å². The Balaban J connectivity index is 2.87. The van der Waals surface area contributed by atoms with Crippen molar-refractivity contribution < 1.29 is 24.6 Å². The lowest BCUT2D eigenvalue weighted by Gasteiger charge is -2.37. The predicted octanol–water partition coefficient (Wildman–Crippen LogP) is -1.14. The molecule has 1 heterocycles. The quantitative estimate of drug-likeness (QED) is 0.534. The molecule has 3 N–H and O–H groups in total. The Labute approximate surface area is 116 Å². The topological polar surface area (TPSA) is 110 Å². The van der Waals surface area contributed by atoms with E-state index in [0.29, 0.717) is 0 Å². The van der Waals surface area contributed by atoms with E-state index in [9.17, 15) is 14.4 Å². The van der Waals surface area contributed by atoms with Crippen molar-refractivity contribution in [2.24, 2.45) is 0 Å². The first-order chi connectivity index (χ1) is 9.51. The fourth-order valence-corrected chi connectivity index (χ4v) is 2.04. The Hall–Kier alpha value is -2.09. The first-order valence-electron chi connectivity index (χ1n) is 6.28. The van der Waals surface area contributed by atoms with Gasteiger partial charge in [-0.25, -0.2) is 4.79 Å². The molecule has 0 radical (unpaired) electrons. The Morgan fingerprint density at radius 1 is 1.55 bits per heavy atom. The maximum atomic E-state index is 12.3. The number of hydrogen-bond donors (Lipinski definition) is 3. The second kappa shape index (κ2) is 7.49. The molecule has 3 amide bonds. The average Bonchev–Trinajstić information content (AvgIpc) is 2.39. The summed E-state index contributed by atoms with van der Waals surface area (Å²) in [7, 11) is 0. The number of piperazine rings is 1. The third-order valence-corrected chi connectivity index (χ3v) is 2.93. The lowest BCUT2D eigenvalue weighted by atomic mass is 10.1. The first-order valence-corrected chi connectivity index (χ1v) is 6.28. The van der Waals surface area contributed by atoms with Crippen LogP contribution in [-0.2, 0) is 9.59 Å². The van der Waals surface area contributed by atoms with Crippen LogP contribution in [0.2, 0.25) is 0 Å². The van der Waals surface area contributed by atoms with E-state index in [4.69, 9.17) is 10.2 Å². The van der Waals surface area contributed by atoms with Crippen molar-refractivity contribution in [1.82, 2.24) is 15.1 Å². The molecule has 0 aromatic carbocycles. The second-order valence-electron chi connectivity index (χ2n) is 4.34. The monoisotopic (exact) mass is 285 g/mol. The number of aliphatic hydroxyl groups is 1. The summed E-state index contributed by atoms with van der Waals surface area (Å²) in [5.41, 5.74) is 0. The Kier molecular flexibility index (Phi) is 5.98. The largest absolute Gasteiger partial charge is 0.481 e. The number of aliphatic hydroxyl groups excluding tert-OH is 1. The third-order valence-electron chi connectivity index (χ3n) is 2.93. The van der Waals surface area contributed by atoms with Crippen LogP contribution in [0.25, 0.3) is 0 Å². The van der Waals surface area contributed by atoms with Gasteiger partial charge in [0.05, 0.1) is 13.0 Å². The van der Waals surface area contributed by atoms with E-state index in [1.54, 1.807) is 0 Å². The van der Waals surface area contributed by atoms with E-state index in [0.717, 1.165) is 0 Å². The van der Waals surface area contributed by atoms with Gasteiger partial charge in [-0.15, -0.1) is 6.58 Å². The van der Waals surface area contributed by atoms with Crippen LogP contribution >= 0.6 is 0 Å². The highest BCUT2D eigenvalue weighted by atomic mass is 16.4. The molecule has 0 bridgehead atoms. The standard InChI is InChI=1S/C12H19N3O5/c1-2-4-14(6-7-16)12(20)15-5-3-13-11(19)9(15)8-10(17)18/h2,9,16H,1,3-8H2,(H,13,19)(H,17,18). The number of carbonyl (C=O) groups excluding carboxylic acids is 2.